The topological polar surface area (TPSA) is 66.9 Å². The van der Waals surface area contributed by atoms with Gasteiger partial charge in [0.25, 0.3) is 0 Å². The van der Waals surface area contributed by atoms with E-state index >= 15 is 0 Å². The summed E-state index contributed by atoms with van der Waals surface area (Å²) in [5.74, 6) is 1.52. The van der Waals surface area contributed by atoms with Gasteiger partial charge in [0.05, 0.1) is 38.2 Å². The maximum absolute atomic E-state index is 12.5. The normalized spacial score (nSPS) is 10.4. The molecule has 0 saturated carbocycles. The molecule has 6 heteroatoms. The summed E-state index contributed by atoms with van der Waals surface area (Å²) < 4.78 is 21.9. The maximum Gasteiger partial charge on any atom is 0.340 e. The van der Waals surface area contributed by atoms with Crippen LogP contribution in [0.25, 0.3) is 10.8 Å². The molecular weight excluding hydrogens is 406 g/mol. The first-order chi connectivity index (χ1) is 15.5. The molecule has 1 heterocycles. The molecule has 0 spiro atoms. The van der Waals surface area contributed by atoms with Crippen molar-refractivity contribution >= 4 is 16.7 Å². The molecule has 0 aliphatic carbocycles. The van der Waals surface area contributed by atoms with Crippen LogP contribution < -0.4 is 14.2 Å². The van der Waals surface area contributed by atoms with Gasteiger partial charge in [-0.1, -0.05) is 26.0 Å². The SMILES string of the molecule is CC.CCOC(=O)c1cnc(Cc2cccc(OC(C)C)c2)c2cc(OC)c(OC)cc12. The molecule has 3 aromatic rings. The average molecular weight is 440 g/mol. The summed E-state index contributed by atoms with van der Waals surface area (Å²) in [7, 11) is 3.15. The summed E-state index contributed by atoms with van der Waals surface area (Å²) in [5.41, 5.74) is 2.27. The van der Waals surface area contributed by atoms with Gasteiger partial charge in [0.2, 0.25) is 0 Å². The molecule has 3 rings (SSSR count). The smallest absolute Gasteiger partial charge is 0.340 e. The van der Waals surface area contributed by atoms with Crippen molar-refractivity contribution in [3.63, 3.8) is 0 Å². The van der Waals surface area contributed by atoms with E-state index in [0.717, 1.165) is 22.4 Å². The number of hydrogen-bond acceptors (Lipinski definition) is 6. The molecule has 0 bridgehead atoms. The van der Waals surface area contributed by atoms with Crippen LogP contribution in [0.2, 0.25) is 0 Å². The monoisotopic (exact) mass is 439 g/mol. The molecule has 0 radical (unpaired) electrons. The number of rotatable bonds is 8. The molecule has 6 nitrogen and oxygen atoms in total. The summed E-state index contributed by atoms with van der Waals surface area (Å²) in [6, 6.07) is 11.6. The van der Waals surface area contributed by atoms with Gasteiger partial charge < -0.3 is 18.9 Å². The van der Waals surface area contributed by atoms with Crippen molar-refractivity contribution in [2.24, 2.45) is 0 Å². The number of esters is 1. The lowest BCUT2D eigenvalue weighted by Crippen LogP contribution is -2.08. The summed E-state index contributed by atoms with van der Waals surface area (Å²) in [6.07, 6.45) is 2.24. The van der Waals surface area contributed by atoms with Crippen LogP contribution in [0, 0.1) is 0 Å². The standard InChI is InChI=1S/C24H27NO5.C2H6/c1-6-29-24(26)20-14-25-21(11-16-8-7-9-17(10-16)30-15(2)3)19-13-23(28-5)22(27-4)12-18(19)20;1-2/h7-10,12-15H,6,11H2,1-5H3;1-2H3. The second kappa shape index (κ2) is 11.9. The van der Waals surface area contributed by atoms with E-state index in [2.05, 4.69) is 4.98 Å². The van der Waals surface area contributed by atoms with Crippen LogP contribution in [0.15, 0.2) is 42.6 Å². The van der Waals surface area contributed by atoms with E-state index in [4.69, 9.17) is 18.9 Å². The Morgan fingerprint density at radius 2 is 1.66 bits per heavy atom. The average Bonchev–Trinajstić information content (AvgIpc) is 2.79. The van der Waals surface area contributed by atoms with E-state index in [1.807, 2.05) is 58.0 Å². The van der Waals surface area contributed by atoms with Crippen LogP contribution >= 0.6 is 0 Å². The van der Waals surface area contributed by atoms with Crippen molar-refractivity contribution in [3.05, 3.63) is 59.4 Å². The number of carbonyl (C=O) groups excluding carboxylic acids is 1. The molecule has 0 atom stereocenters. The highest BCUT2D eigenvalue weighted by Crippen LogP contribution is 2.35. The highest BCUT2D eigenvalue weighted by molar-refractivity contribution is 6.05. The van der Waals surface area contributed by atoms with E-state index in [1.165, 1.54) is 0 Å². The molecule has 1 aromatic heterocycles. The Kier molecular flexibility index (Phi) is 9.32. The number of fused-ring (bicyclic) bond motifs is 1. The second-order valence-electron chi connectivity index (χ2n) is 7.08. The summed E-state index contributed by atoms with van der Waals surface area (Å²) in [5, 5.41) is 1.53. The number of nitrogens with zero attached hydrogens (tertiary/aromatic N) is 1. The Hall–Kier alpha value is -3.28. The fourth-order valence-electron chi connectivity index (χ4n) is 3.33. The summed E-state index contributed by atoms with van der Waals surface area (Å²) in [4.78, 5) is 17.1. The van der Waals surface area contributed by atoms with Crippen LogP contribution in [0.5, 0.6) is 17.2 Å². The van der Waals surface area contributed by atoms with Gasteiger partial charge in [-0.3, -0.25) is 4.98 Å². The van der Waals surface area contributed by atoms with Crippen molar-refractivity contribution in [1.82, 2.24) is 4.98 Å². The van der Waals surface area contributed by atoms with Gasteiger partial charge in [0.15, 0.2) is 11.5 Å². The molecule has 0 aliphatic rings. The predicted molar refractivity (Wildman–Crippen MR) is 127 cm³/mol. The van der Waals surface area contributed by atoms with Crippen LogP contribution in [0.4, 0.5) is 0 Å². The molecule has 2 aromatic carbocycles. The van der Waals surface area contributed by atoms with Gasteiger partial charge in [0, 0.05) is 23.4 Å². The zero-order chi connectivity index (χ0) is 23.7. The molecule has 0 aliphatic heterocycles. The summed E-state index contributed by atoms with van der Waals surface area (Å²) >= 11 is 0. The Balaban J connectivity index is 0.00000176. The van der Waals surface area contributed by atoms with Crippen molar-refractivity contribution in [2.45, 2.75) is 47.1 Å². The van der Waals surface area contributed by atoms with E-state index in [9.17, 15) is 4.79 Å². The number of benzene rings is 2. The molecule has 0 N–H and O–H groups in total. The first-order valence-corrected chi connectivity index (χ1v) is 10.9. The van der Waals surface area contributed by atoms with E-state index in [-0.39, 0.29) is 12.7 Å². The highest BCUT2D eigenvalue weighted by atomic mass is 16.5. The lowest BCUT2D eigenvalue weighted by atomic mass is 10.00. The largest absolute Gasteiger partial charge is 0.493 e. The number of aromatic nitrogens is 1. The van der Waals surface area contributed by atoms with E-state index in [1.54, 1.807) is 33.4 Å². The molecular formula is C26H33NO5. The van der Waals surface area contributed by atoms with Gasteiger partial charge in [-0.15, -0.1) is 0 Å². The number of hydrogen-bond donors (Lipinski definition) is 0. The van der Waals surface area contributed by atoms with Gasteiger partial charge >= 0.3 is 5.97 Å². The third kappa shape index (κ3) is 5.90. The minimum Gasteiger partial charge on any atom is -0.493 e. The Bertz CT molecular complexity index is 1050. The second-order valence-corrected chi connectivity index (χ2v) is 7.08. The van der Waals surface area contributed by atoms with Gasteiger partial charge in [-0.05, 0) is 50.6 Å². The third-order valence-electron chi connectivity index (χ3n) is 4.61. The molecule has 0 fully saturated rings. The minimum absolute atomic E-state index is 0.0970. The van der Waals surface area contributed by atoms with Gasteiger partial charge in [-0.2, -0.15) is 0 Å². The van der Waals surface area contributed by atoms with Crippen molar-refractivity contribution in [1.29, 1.82) is 0 Å². The van der Waals surface area contributed by atoms with Crippen LogP contribution in [-0.2, 0) is 11.2 Å². The summed E-state index contributed by atoms with van der Waals surface area (Å²) in [6.45, 7) is 10.1. The molecule has 0 unspecified atom stereocenters. The third-order valence-corrected chi connectivity index (χ3v) is 4.61. The lowest BCUT2D eigenvalue weighted by Gasteiger charge is -2.15. The molecule has 0 saturated heterocycles. The van der Waals surface area contributed by atoms with Crippen LogP contribution in [-0.4, -0.2) is 37.9 Å². The first-order valence-electron chi connectivity index (χ1n) is 10.9. The number of ether oxygens (including phenoxy) is 4. The van der Waals surface area contributed by atoms with E-state index < -0.39 is 5.97 Å². The number of pyridine rings is 1. The Labute approximate surface area is 190 Å². The quantitative estimate of drug-likeness (QED) is 0.411. The van der Waals surface area contributed by atoms with Crippen LogP contribution in [0.3, 0.4) is 0 Å². The van der Waals surface area contributed by atoms with Crippen LogP contribution in [0.1, 0.15) is 56.2 Å². The Morgan fingerprint density at radius 3 is 2.25 bits per heavy atom. The lowest BCUT2D eigenvalue weighted by molar-refractivity contribution is 0.0528. The molecule has 0 amide bonds. The van der Waals surface area contributed by atoms with Gasteiger partial charge in [-0.25, -0.2) is 4.79 Å². The zero-order valence-electron chi connectivity index (χ0n) is 20.0. The molecule has 32 heavy (non-hydrogen) atoms. The number of carbonyl (C=O) groups is 1. The van der Waals surface area contributed by atoms with Crippen molar-refractivity contribution in [3.8, 4) is 17.2 Å². The Morgan fingerprint density at radius 1 is 1.00 bits per heavy atom. The van der Waals surface area contributed by atoms with Crippen molar-refractivity contribution in [2.75, 3.05) is 20.8 Å². The molecule has 172 valence electrons. The fourth-order valence-corrected chi connectivity index (χ4v) is 3.33. The van der Waals surface area contributed by atoms with Gasteiger partial charge in [0.1, 0.15) is 5.75 Å². The predicted octanol–water partition coefficient (Wildman–Crippen LogP) is 5.83. The van der Waals surface area contributed by atoms with Crippen molar-refractivity contribution < 1.29 is 23.7 Å². The van der Waals surface area contributed by atoms with E-state index in [0.29, 0.717) is 28.9 Å². The fraction of sp³-hybridized carbons (Fsp3) is 0.385. The zero-order valence-corrected chi connectivity index (χ0v) is 20.0. The highest BCUT2D eigenvalue weighted by Gasteiger charge is 2.18. The minimum atomic E-state index is -0.416. The first kappa shape index (κ1) is 25.0. The number of methoxy groups -OCH3 is 2. The maximum atomic E-state index is 12.5.